The van der Waals surface area contributed by atoms with Gasteiger partial charge in [0.1, 0.15) is 5.75 Å². The van der Waals surface area contributed by atoms with Crippen molar-refractivity contribution in [2.75, 3.05) is 20.8 Å². The summed E-state index contributed by atoms with van der Waals surface area (Å²) in [6.45, 7) is 0.572. The van der Waals surface area contributed by atoms with E-state index in [1.165, 1.54) is 7.11 Å². The van der Waals surface area contributed by atoms with Crippen LogP contribution in [-0.2, 0) is 9.53 Å². The van der Waals surface area contributed by atoms with Crippen molar-refractivity contribution in [3.63, 3.8) is 0 Å². The van der Waals surface area contributed by atoms with Gasteiger partial charge in [0.2, 0.25) is 0 Å². The molecule has 0 aliphatic carbocycles. The van der Waals surface area contributed by atoms with Crippen LogP contribution in [0.15, 0.2) is 42.5 Å². The maximum absolute atomic E-state index is 12.2. The van der Waals surface area contributed by atoms with Crippen molar-refractivity contribution in [1.29, 1.82) is 5.26 Å². The smallest absolute Gasteiger partial charge is 0.340 e. The third-order valence-corrected chi connectivity index (χ3v) is 4.42. The molecule has 0 spiro atoms. The number of allylic oxidation sites excluding steroid dienone is 1. The zero-order chi connectivity index (χ0) is 19.9. The molecule has 1 saturated heterocycles. The molecular weight excluding hydrogens is 358 g/mol. The van der Waals surface area contributed by atoms with Crippen LogP contribution in [0.4, 0.5) is 0 Å². The lowest BCUT2D eigenvalue weighted by atomic mass is 10.0. The first-order valence-electron chi connectivity index (χ1n) is 8.92. The van der Waals surface area contributed by atoms with Crippen LogP contribution < -0.4 is 14.2 Å². The Kier molecular flexibility index (Phi) is 6.30. The summed E-state index contributed by atoms with van der Waals surface area (Å²) in [5.41, 5.74) is 2.02. The topological polar surface area (TPSA) is 77.8 Å². The van der Waals surface area contributed by atoms with E-state index >= 15 is 0 Å². The standard InChI is InChI=1S/C22H21NO5/c1-25-18-8-6-16(7-9-18)17(14-23)12-15-5-10-19(21(13-15)26-2)28-22(24)20-4-3-11-27-20/h5-10,12-13,20H,3-4,11H2,1-2H3/b17-12-. The molecule has 2 aromatic carbocycles. The Labute approximate surface area is 163 Å². The molecule has 1 aliphatic heterocycles. The van der Waals surface area contributed by atoms with Gasteiger partial charge in [-0.05, 0) is 66.4 Å². The summed E-state index contributed by atoms with van der Waals surface area (Å²) in [5.74, 6) is 1.03. The van der Waals surface area contributed by atoms with Gasteiger partial charge in [-0.1, -0.05) is 6.07 Å². The van der Waals surface area contributed by atoms with Crippen LogP contribution in [0.3, 0.4) is 0 Å². The van der Waals surface area contributed by atoms with Crippen LogP contribution in [0.5, 0.6) is 17.2 Å². The average Bonchev–Trinajstić information content (AvgIpc) is 3.28. The molecule has 1 atom stereocenters. The number of carbonyl (C=O) groups excluding carboxylic acids is 1. The van der Waals surface area contributed by atoms with Crippen molar-refractivity contribution in [2.45, 2.75) is 18.9 Å². The summed E-state index contributed by atoms with van der Waals surface area (Å²) in [6.07, 6.45) is 2.73. The number of methoxy groups -OCH3 is 2. The zero-order valence-corrected chi connectivity index (χ0v) is 15.8. The van der Waals surface area contributed by atoms with Gasteiger partial charge in [-0.3, -0.25) is 0 Å². The molecule has 1 fully saturated rings. The molecule has 144 valence electrons. The number of benzene rings is 2. The lowest BCUT2D eigenvalue weighted by molar-refractivity contribution is -0.144. The maximum Gasteiger partial charge on any atom is 0.340 e. The maximum atomic E-state index is 12.2. The Morgan fingerprint density at radius 3 is 2.54 bits per heavy atom. The highest BCUT2D eigenvalue weighted by Crippen LogP contribution is 2.31. The van der Waals surface area contributed by atoms with Gasteiger partial charge >= 0.3 is 5.97 Å². The molecule has 1 unspecified atom stereocenters. The Morgan fingerprint density at radius 1 is 1.14 bits per heavy atom. The van der Waals surface area contributed by atoms with E-state index in [0.29, 0.717) is 30.1 Å². The fraction of sp³-hybridized carbons (Fsp3) is 0.273. The van der Waals surface area contributed by atoms with Crippen molar-refractivity contribution in [1.82, 2.24) is 0 Å². The number of carbonyl (C=O) groups is 1. The lowest BCUT2D eigenvalue weighted by Gasteiger charge is -2.13. The van der Waals surface area contributed by atoms with Gasteiger partial charge in [-0.2, -0.15) is 5.26 Å². The van der Waals surface area contributed by atoms with E-state index in [1.54, 1.807) is 43.5 Å². The van der Waals surface area contributed by atoms with Crippen molar-refractivity contribution in [2.24, 2.45) is 0 Å². The third kappa shape index (κ3) is 4.51. The normalized spacial score (nSPS) is 16.3. The minimum atomic E-state index is -0.524. The SMILES string of the molecule is COc1ccc(/C(C#N)=C\c2ccc(OC(=O)C3CCCO3)c(OC)c2)cc1. The molecule has 0 amide bonds. The number of hydrogen-bond acceptors (Lipinski definition) is 6. The molecule has 0 radical (unpaired) electrons. The van der Waals surface area contributed by atoms with Crippen LogP contribution in [0.1, 0.15) is 24.0 Å². The fourth-order valence-corrected chi connectivity index (χ4v) is 2.91. The molecule has 1 heterocycles. The highest BCUT2D eigenvalue weighted by atomic mass is 16.6. The number of esters is 1. The minimum absolute atomic E-state index is 0.322. The molecular formula is C22H21NO5. The van der Waals surface area contributed by atoms with Gasteiger partial charge in [0.05, 0.1) is 25.9 Å². The Morgan fingerprint density at radius 2 is 1.93 bits per heavy atom. The Hall–Kier alpha value is -3.30. The van der Waals surface area contributed by atoms with Gasteiger partial charge in [0, 0.05) is 6.61 Å². The van der Waals surface area contributed by atoms with Crippen molar-refractivity contribution in [3.05, 3.63) is 53.6 Å². The molecule has 6 heteroatoms. The zero-order valence-electron chi connectivity index (χ0n) is 15.8. The van der Waals surface area contributed by atoms with E-state index in [9.17, 15) is 10.1 Å². The van der Waals surface area contributed by atoms with Gasteiger partial charge in [0.15, 0.2) is 17.6 Å². The molecule has 0 bridgehead atoms. The summed E-state index contributed by atoms with van der Waals surface area (Å²) in [6, 6.07) is 14.6. The number of rotatable bonds is 6. The second-order valence-electron chi connectivity index (χ2n) is 6.23. The molecule has 2 aromatic rings. The quantitative estimate of drug-likeness (QED) is 0.328. The number of nitrogens with zero attached hydrogens (tertiary/aromatic N) is 1. The van der Waals surface area contributed by atoms with Gasteiger partial charge < -0.3 is 18.9 Å². The van der Waals surface area contributed by atoms with Crippen LogP contribution in [0.25, 0.3) is 11.6 Å². The molecule has 3 rings (SSSR count). The summed E-state index contributed by atoms with van der Waals surface area (Å²) >= 11 is 0. The third-order valence-electron chi connectivity index (χ3n) is 4.42. The Balaban J connectivity index is 1.82. The second-order valence-corrected chi connectivity index (χ2v) is 6.23. The molecule has 0 aromatic heterocycles. The van der Waals surface area contributed by atoms with Crippen LogP contribution in [-0.4, -0.2) is 32.9 Å². The Bertz CT molecular complexity index is 906. The highest BCUT2D eigenvalue weighted by Gasteiger charge is 2.26. The van der Waals surface area contributed by atoms with E-state index < -0.39 is 12.1 Å². The first-order chi connectivity index (χ1) is 13.6. The molecule has 1 aliphatic rings. The van der Waals surface area contributed by atoms with Crippen molar-refractivity contribution < 1.29 is 23.7 Å². The minimum Gasteiger partial charge on any atom is -0.497 e. The molecule has 28 heavy (non-hydrogen) atoms. The summed E-state index contributed by atoms with van der Waals surface area (Å²) in [4.78, 5) is 12.2. The van der Waals surface area contributed by atoms with E-state index in [0.717, 1.165) is 23.3 Å². The van der Waals surface area contributed by atoms with Crippen LogP contribution in [0, 0.1) is 11.3 Å². The van der Waals surface area contributed by atoms with Gasteiger partial charge in [-0.25, -0.2) is 4.79 Å². The van der Waals surface area contributed by atoms with Crippen LogP contribution >= 0.6 is 0 Å². The number of ether oxygens (including phenoxy) is 4. The number of nitriles is 1. The molecule has 0 N–H and O–H groups in total. The number of hydrogen-bond donors (Lipinski definition) is 0. The fourth-order valence-electron chi connectivity index (χ4n) is 2.91. The van der Waals surface area contributed by atoms with Gasteiger partial charge in [0.25, 0.3) is 0 Å². The van der Waals surface area contributed by atoms with Gasteiger partial charge in [-0.15, -0.1) is 0 Å². The average molecular weight is 379 g/mol. The highest BCUT2D eigenvalue weighted by molar-refractivity contribution is 5.90. The van der Waals surface area contributed by atoms with Crippen molar-refractivity contribution >= 4 is 17.6 Å². The predicted molar refractivity (Wildman–Crippen MR) is 104 cm³/mol. The van der Waals surface area contributed by atoms with Crippen molar-refractivity contribution in [3.8, 4) is 23.3 Å². The van der Waals surface area contributed by atoms with E-state index in [1.807, 2.05) is 12.1 Å². The lowest BCUT2D eigenvalue weighted by Crippen LogP contribution is -2.24. The second kappa shape index (κ2) is 9.07. The largest absolute Gasteiger partial charge is 0.497 e. The first kappa shape index (κ1) is 19.5. The predicted octanol–water partition coefficient (Wildman–Crippen LogP) is 3.85. The van der Waals surface area contributed by atoms with E-state index in [-0.39, 0.29) is 0 Å². The summed E-state index contributed by atoms with van der Waals surface area (Å²) in [7, 11) is 3.09. The molecule has 6 nitrogen and oxygen atoms in total. The summed E-state index contributed by atoms with van der Waals surface area (Å²) < 4.78 is 21.3. The van der Waals surface area contributed by atoms with Crippen LogP contribution in [0.2, 0.25) is 0 Å². The monoisotopic (exact) mass is 379 g/mol. The van der Waals surface area contributed by atoms with E-state index in [4.69, 9.17) is 18.9 Å². The molecule has 0 saturated carbocycles. The van der Waals surface area contributed by atoms with E-state index in [2.05, 4.69) is 6.07 Å². The summed E-state index contributed by atoms with van der Waals surface area (Å²) in [5, 5.41) is 9.52. The first-order valence-corrected chi connectivity index (χ1v) is 8.92.